The first kappa shape index (κ1) is 14.6. The van der Waals surface area contributed by atoms with E-state index in [0.717, 1.165) is 9.13 Å². The number of nitrogens with zero attached hydrogens (tertiary/aromatic N) is 1. The van der Waals surface area contributed by atoms with Crippen molar-refractivity contribution in [1.82, 2.24) is 4.90 Å². The molecule has 1 aliphatic rings. The Balaban J connectivity index is 2.15. The first-order valence-corrected chi connectivity index (χ1v) is 7.51. The van der Waals surface area contributed by atoms with E-state index in [4.69, 9.17) is 0 Å². The number of likely N-dealkylation sites (tertiary alicyclic amines) is 1. The average Bonchev–Trinajstić information content (AvgIpc) is 2.67. The van der Waals surface area contributed by atoms with Crippen LogP contribution >= 0.6 is 35.2 Å². The summed E-state index contributed by atoms with van der Waals surface area (Å²) in [4.78, 5) is 24.6. The number of carboxylic acids is 1. The van der Waals surface area contributed by atoms with E-state index in [9.17, 15) is 14.7 Å². The Morgan fingerprint density at radius 2 is 2.11 bits per heavy atom. The molecule has 0 aromatic heterocycles. The second-order valence-electron chi connectivity index (χ2n) is 4.59. The van der Waals surface area contributed by atoms with Crippen molar-refractivity contribution in [3.8, 4) is 0 Å². The summed E-state index contributed by atoms with van der Waals surface area (Å²) in [6.07, 6.45) is 0.651. The highest BCUT2D eigenvalue weighted by atomic mass is 127. The number of carbonyl (C=O) groups excluding carboxylic acids is 1. The van der Waals surface area contributed by atoms with Crippen LogP contribution < -0.4 is 0 Å². The first-order chi connectivity index (χ1) is 8.97. The third-order valence-corrected chi connectivity index (χ3v) is 4.21. The zero-order valence-electron chi connectivity index (χ0n) is 10.1. The standard InChI is InChI=1S/C13H14INO3S/c14-9-3-1-8(2-4-9)5-11(13(17)18)15-7-10(19)6-12(15)16/h1-4,10-11,19H,5-7H2,(H,17,18)/t10?,11-/m0/s1. The molecular formula is C13H14INO3S. The van der Waals surface area contributed by atoms with Crippen LogP contribution in [0.2, 0.25) is 0 Å². The topological polar surface area (TPSA) is 57.6 Å². The van der Waals surface area contributed by atoms with E-state index in [1.54, 1.807) is 0 Å². The van der Waals surface area contributed by atoms with Gasteiger partial charge in [-0.25, -0.2) is 4.79 Å². The highest BCUT2D eigenvalue weighted by molar-refractivity contribution is 14.1. The molecule has 0 spiro atoms. The summed E-state index contributed by atoms with van der Waals surface area (Å²) in [7, 11) is 0. The number of thiol groups is 1. The number of carboxylic acid groups (broad SMARTS) is 1. The number of benzene rings is 1. The number of hydrogen-bond acceptors (Lipinski definition) is 3. The normalized spacial score (nSPS) is 20.6. The van der Waals surface area contributed by atoms with Gasteiger partial charge in [0.1, 0.15) is 6.04 Å². The zero-order chi connectivity index (χ0) is 14.0. The van der Waals surface area contributed by atoms with E-state index in [1.165, 1.54) is 4.90 Å². The van der Waals surface area contributed by atoms with Crippen LogP contribution in [0.3, 0.4) is 0 Å². The maximum absolute atomic E-state index is 11.8. The van der Waals surface area contributed by atoms with Gasteiger partial charge in [-0.3, -0.25) is 4.79 Å². The van der Waals surface area contributed by atoms with E-state index in [2.05, 4.69) is 35.2 Å². The Morgan fingerprint density at radius 3 is 2.58 bits per heavy atom. The van der Waals surface area contributed by atoms with Gasteiger partial charge in [0.25, 0.3) is 0 Å². The van der Waals surface area contributed by atoms with Crippen molar-refractivity contribution in [3.63, 3.8) is 0 Å². The molecule has 6 heteroatoms. The van der Waals surface area contributed by atoms with Crippen molar-refractivity contribution in [1.29, 1.82) is 0 Å². The number of hydrogen-bond donors (Lipinski definition) is 2. The number of halogens is 1. The maximum Gasteiger partial charge on any atom is 0.326 e. The molecule has 0 aliphatic carbocycles. The Kier molecular flexibility index (Phi) is 4.72. The second kappa shape index (κ2) is 6.13. The Hall–Kier alpha value is -0.760. The van der Waals surface area contributed by atoms with Gasteiger partial charge in [0.05, 0.1) is 0 Å². The summed E-state index contributed by atoms with van der Waals surface area (Å²) in [6.45, 7) is 0.406. The largest absolute Gasteiger partial charge is 0.480 e. The van der Waals surface area contributed by atoms with E-state index in [0.29, 0.717) is 19.4 Å². The minimum Gasteiger partial charge on any atom is -0.480 e. The lowest BCUT2D eigenvalue weighted by Gasteiger charge is -2.24. The van der Waals surface area contributed by atoms with Crippen molar-refractivity contribution >= 4 is 47.1 Å². The SMILES string of the molecule is O=C(O)[C@H](Cc1ccc(I)cc1)N1CC(S)CC1=O. The van der Waals surface area contributed by atoms with Gasteiger partial charge in [-0.15, -0.1) is 0 Å². The fourth-order valence-electron chi connectivity index (χ4n) is 2.19. The summed E-state index contributed by atoms with van der Waals surface area (Å²) in [5, 5.41) is 9.27. The molecule has 1 aromatic rings. The molecule has 1 aromatic carbocycles. The van der Waals surface area contributed by atoms with Crippen molar-refractivity contribution in [2.45, 2.75) is 24.1 Å². The van der Waals surface area contributed by atoms with E-state index >= 15 is 0 Å². The smallest absolute Gasteiger partial charge is 0.326 e. The summed E-state index contributed by atoms with van der Waals surface area (Å²) in [5.41, 5.74) is 0.920. The minimum atomic E-state index is -0.964. The quantitative estimate of drug-likeness (QED) is 0.608. The van der Waals surface area contributed by atoms with Gasteiger partial charge in [-0.1, -0.05) is 12.1 Å². The Bertz CT molecular complexity index is 491. The molecule has 4 nitrogen and oxygen atoms in total. The van der Waals surface area contributed by atoms with Gasteiger partial charge < -0.3 is 10.0 Å². The summed E-state index contributed by atoms with van der Waals surface area (Å²) in [6, 6.07) is 6.86. The lowest BCUT2D eigenvalue weighted by atomic mass is 10.1. The monoisotopic (exact) mass is 391 g/mol. The highest BCUT2D eigenvalue weighted by Crippen LogP contribution is 2.21. The van der Waals surface area contributed by atoms with Crippen LogP contribution in [0, 0.1) is 3.57 Å². The fraction of sp³-hybridized carbons (Fsp3) is 0.385. The van der Waals surface area contributed by atoms with Crippen LogP contribution in [0.5, 0.6) is 0 Å². The van der Waals surface area contributed by atoms with Gasteiger partial charge >= 0.3 is 5.97 Å². The number of carbonyl (C=O) groups is 2. The van der Waals surface area contributed by atoms with E-state index in [-0.39, 0.29) is 11.2 Å². The van der Waals surface area contributed by atoms with Crippen molar-refractivity contribution < 1.29 is 14.7 Å². The molecule has 1 aliphatic heterocycles. The van der Waals surface area contributed by atoms with Crippen LogP contribution in [-0.2, 0) is 16.0 Å². The molecule has 1 unspecified atom stereocenters. The molecular weight excluding hydrogens is 377 g/mol. The molecule has 102 valence electrons. The summed E-state index contributed by atoms with van der Waals surface area (Å²) >= 11 is 6.45. The predicted molar refractivity (Wildman–Crippen MR) is 83.4 cm³/mol. The highest BCUT2D eigenvalue weighted by Gasteiger charge is 2.36. The van der Waals surface area contributed by atoms with E-state index in [1.807, 2.05) is 24.3 Å². The van der Waals surface area contributed by atoms with Crippen LogP contribution in [0.25, 0.3) is 0 Å². The molecule has 2 atom stereocenters. The third kappa shape index (κ3) is 3.62. The summed E-state index contributed by atoms with van der Waals surface area (Å²) < 4.78 is 1.10. The van der Waals surface area contributed by atoms with E-state index < -0.39 is 12.0 Å². The van der Waals surface area contributed by atoms with Crippen LogP contribution in [0.4, 0.5) is 0 Å². The lowest BCUT2D eigenvalue weighted by Crippen LogP contribution is -2.43. The number of amides is 1. The molecule has 1 fully saturated rings. The van der Waals surface area contributed by atoms with Crippen molar-refractivity contribution in [3.05, 3.63) is 33.4 Å². The molecule has 1 amide bonds. The van der Waals surface area contributed by atoms with Gasteiger partial charge in [0.2, 0.25) is 5.91 Å². The Morgan fingerprint density at radius 1 is 1.47 bits per heavy atom. The van der Waals surface area contributed by atoms with Gasteiger partial charge in [-0.05, 0) is 40.3 Å². The molecule has 1 N–H and O–H groups in total. The van der Waals surface area contributed by atoms with Crippen LogP contribution in [0.15, 0.2) is 24.3 Å². The maximum atomic E-state index is 11.8. The number of aliphatic carboxylic acids is 1. The zero-order valence-corrected chi connectivity index (χ0v) is 13.2. The van der Waals surface area contributed by atoms with Gasteiger partial charge in [0.15, 0.2) is 0 Å². The van der Waals surface area contributed by atoms with Gasteiger partial charge in [0, 0.05) is 28.2 Å². The van der Waals surface area contributed by atoms with Crippen LogP contribution in [0.1, 0.15) is 12.0 Å². The van der Waals surface area contributed by atoms with Crippen molar-refractivity contribution in [2.24, 2.45) is 0 Å². The first-order valence-electron chi connectivity index (χ1n) is 5.92. The lowest BCUT2D eigenvalue weighted by molar-refractivity contribution is -0.148. The third-order valence-electron chi connectivity index (χ3n) is 3.14. The molecule has 19 heavy (non-hydrogen) atoms. The van der Waals surface area contributed by atoms with Crippen molar-refractivity contribution in [2.75, 3.05) is 6.54 Å². The minimum absolute atomic E-state index is 0.0638. The molecule has 2 rings (SSSR count). The predicted octanol–water partition coefficient (Wildman–Crippen LogP) is 1.82. The fourth-order valence-corrected chi connectivity index (χ4v) is 2.88. The molecule has 1 saturated heterocycles. The van der Waals surface area contributed by atoms with Gasteiger partial charge in [-0.2, -0.15) is 12.6 Å². The molecule has 0 radical (unpaired) electrons. The van der Waals surface area contributed by atoms with Crippen LogP contribution in [-0.4, -0.2) is 39.7 Å². The Labute approximate surface area is 130 Å². The average molecular weight is 391 g/mol. The molecule has 0 saturated carbocycles. The molecule has 1 heterocycles. The summed E-state index contributed by atoms with van der Waals surface area (Å²) in [5.74, 6) is -1.09. The molecule has 0 bridgehead atoms. The second-order valence-corrected chi connectivity index (χ2v) is 6.56. The number of rotatable bonds is 4.